The molecule has 7 nitrogen and oxygen atoms in total. The first kappa shape index (κ1) is 19.3. The first-order valence-corrected chi connectivity index (χ1v) is 12.6. The molecule has 1 aromatic rings. The number of carbonyl (C=O) groups excluding carboxylic acids is 1. The number of benzene rings is 1. The summed E-state index contributed by atoms with van der Waals surface area (Å²) in [6, 6.07) is 8.50. The van der Waals surface area contributed by atoms with Crippen molar-refractivity contribution in [1.82, 2.24) is 19.4 Å². The molecule has 4 fully saturated rings. The van der Waals surface area contributed by atoms with Crippen LogP contribution in [0.1, 0.15) is 30.0 Å². The van der Waals surface area contributed by atoms with Crippen LogP contribution in [-0.4, -0.2) is 80.1 Å². The topological polar surface area (TPSA) is 73.0 Å². The molecule has 5 aliphatic rings. The zero-order valence-electron chi connectivity index (χ0n) is 17.0. The van der Waals surface area contributed by atoms with Gasteiger partial charge in [0.2, 0.25) is 10.0 Å². The molecule has 8 heteroatoms. The van der Waals surface area contributed by atoms with Crippen molar-refractivity contribution >= 4 is 16.1 Å². The SMILES string of the molecule is CS(=O)(=O)N1CC(C2c3ccccc3CCN2C(=O)N[C@@H]2CN3CCC2CC3)C1. The number of piperidine rings is 3. The van der Waals surface area contributed by atoms with Crippen molar-refractivity contribution in [3.8, 4) is 0 Å². The van der Waals surface area contributed by atoms with Crippen LogP contribution in [-0.2, 0) is 16.4 Å². The lowest BCUT2D eigenvalue weighted by Gasteiger charge is -2.49. The van der Waals surface area contributed by atoms with Gasteiger partial charge >= 0.3 is 6.03 Å². The predicted octanol–water partition coefficient (Wildman–Crippen LogP) is 1.28. The van der Waals surface area contributed by atoms with Gasteiger partial charge in [-0.1, -0.05) is 24.3 Å². The Morgan fingerprint density at radius 1 is 1.03 bits per heavy atom. The first-order valence-electron chi connectivity index (χ1n) is 10.7. The molecule has 158 valence electrons. The molecular weight excluding hydrogens is 388 g/mol. The average Bonchev–Trinajstić information content (AvgIpc) is 2.66. The Hall–Kier alpha value is -1.64. The van der Waals surface area contributed by atoms with E-state index >= 15 is 0 Å². The standard InChI is InChI=1S/C21H30N4O3S/c1-29(27,28)24-12-17(13-24)20-18-5-3-2-4-15(18)8-11-25(20)21(26)22-19-14-23-9-6-16(19)7-10-23/h2-5,16-17,19-20H,6-14H2,1H3,(H,22,26)/t19-,20?/m1/s1. The van der Waals surface area contributed by atoms with Gasteiger partial charge in [0, 0.05) is 38.1 Å². The predicted molar refractivity (Wildman–Crippen MR) is 111 cm³/mol. The molecule has 0 saturated carbocycles. The van der Waals surface area contributed by atoms with Crippen LogP contribution in [0.15, 0.2) is 24.3 Å². The number of hydrogen-bond donors (Lipinski definition) is 1. The van der Waals surface area contributed by atoms with Crippen molar-refractivity contribution in [2.75, 3.05) is 45.5 Å². The summed E-state index contributed by atoms with van der Waals surface area (Å²) in [6.07, 6.45) is 4.45. The normalized spacial score (nSPS) is 32.5. The Balaban J connectivity index is 1.36. The van der Waals surface area contributed by atoms with Crippen molar-refractivity contribution in [1.29, 1.82) is 0 Å². The largest absolute Gasteiger partial charge is 0.334 e. The van der Waals surface area contributed by atoms with Crippen molar-refractivity contribution in [2.45, 2.75) is 31.3 Å². The van der Waals surface area contributed by atoms with Gasteiger partial charge in [-0.3, -0.25) is 0 Å². The summed E-state index contributed by atoms with van der Waals surface area (Å²) in [5.41, 5.74) is 2.46. The number of sulfonamides is 1. The molecule has 5 heterocycles. The van der Waals surface area contributed by atoms with E-state index in [0.717, 1.165) is 26.1 Å². The maximum Gasteiger partial charge on any atom is 0.318 e. The van der Waals surface area contributed by atoms with Gasteiger partial charge in [-0.05, 0) is 49.4 Å². The van der Waals surface area contributed by atoms with Crippen LogP contribution in [0, 0.1) is 11.8 Å². The molecule has 1 N–H and O–H groups in total. The third-order valence-corrected chi connectivity index (χ3v) is 8.59. The number of rotatable bonds is 3. The quantitative estimate of drug-likeness (QED) is 0.803. The zero-order valence-corrected chi connectivity index (χ0v) is 17.8. The third kappa shape index (κ3) is 3.55. The Morgan fingerprint density at radius 3 is 2.41 bits per heavy atom. The van der Waals surface area contributed by atoms with Crippen LogP contribution in [0.25, 0.3) is 0 Å². The summed E-state index contributed by atoms with van der Waals surface area (Å²) >= 11 is 0. The summed E-state index contributed by atoms with van der Waals surface area (Å²) < 4.78 is 25.2. The number of nitrogens with zero attached hydrogens (tertiary/aromatic N) is 3. The fourth-order valence-electron chi connectivity index (χ4n) is 5.64. The Kier molecular flexibility index (Phi) is 4.83. The minimum Gasteiger partial charge on any atom is -0.334 e. The van der Waals surface area contributed by atoms with Gasteiger partial charge in [-0.2, -0.15) is 0 Å². The second-order valence-corrected chi connectivity index (χ2v) is 11.1. The van der Waals surface area contributed by atoms with Crippen molar-refractivity contribution in [2.24, 2.45) is 11.8 Å². The first-order chi connectivity index (χ1) is 13.9. The fraction of sp³-hybridized carbons (Fsp3) is 0.667. The third-order valence-electron chi connectivity index (χ3n) is 7.35. The molecule has 29 heavy (non-hydrogen) atoms. The monoisotopic (exact) mass is 418 g/mol. The Labute approximate surface area is 173 Å². The molecule has 0 spiro atoms. The van der Waals surface area contributed by atoms with Gasteiger partial charge < -0.3 is 15.1 Å². The van der Waals surface area contributed by atoms with Gasteiger partial charge in [-0.25, -0.2) is 17.5 Å². The summed E-state index contributed by atoms with van der Waals surface area (Å²) in [6.45, 7) is 4.92. The molecular formula is C21H30N4O3S. The summed E-state index contributed by atoms with van der Waals surface area (Å²) in [4.78, 5) is 17.8. The van der Waals surface area contributed by atoms with Crippen molar-refractivity contribution in [3.05, 3.63) is 35.4 Å². The van der Waals surface area contributed by atoms with E-state index in [9.17, 15) is 13.2 Å². The lowest BCUT2D eigenvalue weighted by molar-refractivity contribution is 0.0562. The molecule has 0 aromatic heterocycles. The van der Waals surface area contributed by atoms with E-state index in [1.165, 1.54) is 34.5 Å². The molecule has 2 bridgehead atoms. The number of amides is 2. The molecule has 5 aliphatic heterocycles. The van der Waals surface area contributed by atoms with E-state index in [1.54, 1.807) is 0 Å². The van der Waals surface area contributed by atoms with Crippen molar-refractivity contribution < 1.29 is 13.2 Å². The number of carbonyl (C=O) groups is 1. The van der Waals surface area contributed by atoms with Crippen LogP contribution in [0.5, 0.6) is 0 Å². The second kappa shape index (κ2) is 7.25. The highest BCUT2D eigenvalue weighted by atomic mass is 32.2. The van der Waals surface area contributed by atoms with E-state index in [1.807, 2.05) is 17.0 Å². The van der Waals surface area contributed by atoms with Crippen molar-refractivity contribution in [3.63, 3.8) is 0 Å². The smallest absolute Gasteiger partial charge is 0.318 e. The van der Waals surface area contributed by atoms with Gasteiger partial charge in [0.15, 0.2) is 0 Å². The molecule has 1 unspecified atom stereocenters. The Morgan fingerprint density at radius 2 is 1.76 bits per heavy atom. The number of nitrogens with one attached hydrogen (secondary N) is 1. The summed E-state index contributed by atoms with van der Waals surface area (Å²) in [7, 11) is -3.17. The summed E-state index contributed by atoms with van der Waals surface area (Å²) in [5.74, 6) is 0.729. The van der Waals surface area contributed by atoms with Gasteiger partial charge in [0.05, 0.1) is 12.3 Å². The van der Waals surface area contributed by atoms with Crippen LogP contribution in [0.3, 0.4) is 0 Å². The van der Waals surface area contributed by atoms with Crippen LogP contribution < -0.4 is 5.32 Å². The van der Waals surface area contributed by atoms with E-state index in [0.29, 0.717) is 25.6 Å². The highest BCUT2D eigenvalue weighted by Crippen LogP contribution is 2.40. The molecule has 4 saturated heterocycles. The average molecular weight is 419 g/mol. The number of urea groups is 1. The van der Waals surface area contributed by atoms with Crippen LogP contribution in [0.2, 0.25) is 0 Å². The summed E-state index contributed by atoms with van der Waals surface area (Å²) in [5, 5.41) is 3.34. The molecule has 0 radical (unpaired) electrons. The maximum atomic E-state index is 13.4. The Bertz CT molecular complexity index is 891. The molecule has 0 aliphatic carbocycles. The number of fused-ring (bicyclic) bond motifs is 4. The van der Waals surface area contributed by atoms with E-state index in [-0.39, 0.29) is 24.0 Å². The van der Waals surface area contributed by atoms with E-state index in [2.05, 4.69) is 22.3 Å². The van der Waals surface area contributed by atoms with E-state index in [4.69, 9.17) is 0 Å². The minimum atomic E-state index is -3.17. The van der Waals surface area contributed by atoms with Gasteiger partial charge in [0.25, 0.3) is 0 Å². The van der Waals surface area contributed by atoms with Crippen LogP contribution >= 0.6 is 0 Å². The zero-order chi connectivity index (χ0) is 20.2. The van der Waals surface area contributed by atoms with Crippen LogP contribution in [0.4, 0.5) is 4.79 Å². The van der Waals surface area contributed by atoms with Gasteiger partial charge in [0.1, 0.15) is 0 Å². The second-order valence-electron chi connectivity index (χ2n) is 9.12. The molecule has 2 amide bonds. The number of hydrogen-bond acceptors (Lipinski definition) is 4. The molecule has 1 aromatic carbocycles. The van der Waals surface area contributed by atoms with E-state index < -0.39 is 10.0 Å². The fourth-order valence-corrected chi connectivity index (χ4v) is 6.57. The lowest BCUT2D eigenvalue weighted by Crippen LogP contribution is -2.62. The lowest BCUT2D eigenvalue weighted by atomic mass is 9.81. The van der Waals surface area contributed by atoms with Gasteiger partial charge in [-0.15, -0.1) is 0 Å². The highest BCUT2D eigenvalue weighted by molar-refractivity contribution is 7.88. The maximum absolute atomic E-state index is 13.4. The highest BCUT2D eigenvalue weighted by Gasteiger charge is 2.45. The minimum absolute atomic E-state index is 0.0149. The molecule has 6 rings (SSSR count). The molecule has 2 atom stereocenters.